The van der Waals surface area contributed by atoms with E-state index in [9.17, 15) is 14.4 Å². The Balaban J connectivity index is 1.66. The number of carboxylic acids is 1. The number of aryl methyl sites for hydroxylation is 2. The number of rotatable bonds is 7. The lowest BCUT2D eigenvalue weighted by Gasteiger charge is -2.16. The number of aromatic carboxylic acids is 1. The Kier molecular flexibility index (Phi) is 6.49. The van der Waals surface area contributed by atoms with Crippen molar-refractivity contribution in [3.63, 3.8) is 0 Å². The van der Waals surface area contributed by atoms with Crippen LogP contribution >= 0.6 is 0 Å². The van der Waals surface area contributed by atoms with Crippen molar-refractivity contribution < 1.29 is 24.2 Å². The number of hydrogen-bond acceptors (Lipinski definition) is 5. The van der Waals surface area contributed by atoms with Crippen LogP contribution in [0.5, 0.6) is 0 Å². The maximum Gasteiger partial charge on any atom is 0.338 e. The molecule has 0 fully saturated rings. The largest absolute Gasteiger partial charge is 0.478 e. The van der Waals surface area contributed by atoms with E-state index in [0.717, 1.165) is 17.0 Å². The molecule has 0 bridgehead atoms. The number of amides is 1. The fourth-order valence-corrected chi connectivity index (χ4v) is 2.92. The second-order valence-electron chi connectivity index (χ2n) is 7.05. The molecule has 1 unspecified atom stereocenters. The number of aromatic nitrogens is 2. The summed E-state index contributed by atoms with van der Waals surface area (Å²) in [5.41, 5.74) is 3.38. The lowest BCUT2D eigenvalue weighted by molar-refractivity contribution is -0.124. The second kappa shape index (κ2) is 9.25. The highest BCUT2D eigenvalue weighted by molar-refractivity contribution is 5.98. The molecule has 160 valence electrons. The number of H-pyrrole nitrogens is 1. The summed E-state index contributed by atoms with van der Waals surface area (Å²) in [5, 5.41) is 11.7. The molecule has 8 nitrogen and oxygen atoms in total. The van der Waals surface area contributed by atoms with Crippen LogP contribution in [-0.2, 0) is 9.53 Å². The van der Waals surface area contributed by atoms with E-state index in [1.165, 1.54) is 18.2 Å². The van der Waals surface area contributed by atoms with Crippen LogP contribution in [0, 0.1) is 13.8 Å². The van der Waals surface area contributed by atoms with E-state index in [1.54, 1.807) is 37.3 Å². The molecular formula is C23H23N3O5. The van der Waals surface area contributed by atoms with Crippen molar-refractivity contribution in [1.29, 1.82) is 0 Å². The van der Waals surface area contributed by atoms with E-state index in [0.29, 0.717) is 17.1 Å². The third-order valence-electron chi connectivity index (χ3n) is 4.81. The van der Waals surface area contributed by atoms with Crippen LogP contribution in [0.1, 0.15) is 45.4 Å². The molecule has 0 saturated carbocycles. The summed E-state index contributed by atoms with van der Waals surface area (Å²) < 4.78 is 5.38. The first-order valence-electron chi connectivity index (χ1n) is 9.77. The van der Waals surface area contributed by atoms with Gasteiger partial charge in [-0.3, -0.25) is 4.79 Å². The molecule has 3 rings (SSSR count). The van der Waals surface area contributed by atoms with E-state index in [-0.39, 0.29) is 12.0 Å². The molecule has 1 aromatic heterocycles. The van der Waals surface area contributed by atoms with E-state index < -0.39 is 23.9 Å². The maximum absolute atomic E-state index is 12.5. The van der Waals surface area contributed by atoms with Crippen molar-refractivity contribution in [3.8, 4) is 11.4 Å². The van der Waals surface area contributed by atoms with Crippen LogP contribution in [-0.4, -0.2) is 39.0 Å². The Morgan fingerprint density at radius 3 is 2.39 bits per heavy atom. The maximum atomic E-state index is 12.5. The molecule has 0 radical (unpaired) electrons. The molecule has 0 saturated heterocycles. The third-order valence-corrected chi connectivity index (χ3v) is 4.81. The van der Waals surface area contributed by atoms with Gasteiger partial charge in [0.1, 0.15) is 5.82 Å². The summed E-state index contributed by atoms with van der Waals surface area (Å²) in [6, 6.07) is 12.6. The molecule has 1 amide bonds. The predicted molar refractivity (Wildman–Crippen MR) is 115 cm³/mol. The highest BCUT2D eigenvalue weighted by Gasteiger charge is 2.22. The van der Waals surface area contributed by atoms with Crippen LogP contribution in [0.25, 0.3) is 11.4 Å². The molecule has 0 spiro atoms. The van der Waals surface area contributed by atoms with Crippen LogP contribution in [0.2, 0.25) is 0 Å². The molecule has 0 aliphatic heterocycles. The van der Waals surface area contributed by atoms with Gasteiger partial charge >= 0.3 is 11.9 Å². The smallest absolute Gasteiger partial charge is 0.338 e. The molecule has 2 aromatic carbocycles. The van der Waals surface area contributed by atoms with Gasteiger partial charge < -0.3 is 20.1 Å². The quantitative estimate of drug-likeness (QED) is 0.497. The number of imidazole rings is 1. The van der Waals surface area contributed by atoms with E-state index in [2.05, 4.69) is 15.3 Å². The zero-order chi connectivity index (χ0) is 22.5. The average molecular weight is 421 g/mol. The van der Waals surface area contributed by atoms with Crippen molar-refractivity contribution in [2.24, 2.45) is 0 Å². The average Bonchev–Trinajstić information content (AvgIpc) is 3.10. The van der Waals surface area contributed by atoms with Crippen molar-refractivity contribution in [1.82, 2.24) is 9.97 Å². The van der Waals surface area contributed by atoms with Gasteiger partial charge in [-0.2, -0.15) is 0 Å². The van der Waals surface area contributed by atoms with Gasteiger partial charge in [-0.25, -0.2) is 14.6 Å². The Morgan fingerprint density at radius 2 is 1.81 bits per heavy atom. The predicted octanol–water partition coefficient (Wildman–Crippen LogP) is 3.97. The number of esters is 1. The number of carboxylic acid groups (broad SMARTS) is 1. The zero-order valence-corrected chi connectivity index (χ0v) is 17.4. The molecule has 0 aliphatic carbocycles. The summed E-state index contributed by atoms with van der Waals surface area (Å²) in [6.07, 6.45) is -0.754. The fraction of sp³-hybridized carbons (Fsp3) is 0.217. The lowest BCUT2D eigenvalue weighted by atomic mass is 10.1. The second-order valence-corrected chi connectivity index (χ2v) is 7.05. The topological polar surface area (TPSA) is 121 Å². The minimum atomic E-state index is -1.10. The molecule has 3 aromatic rings. The zero-order valence-electron chi connectivity index (χ0n) is 17.4. The van der Waals surface area contributed by atoms with Gasteiger partial charge in [0.15, 0.2) is 6.10 Å². The summed E-state index contributed by atoms with van der Waals surface area (Å²) in [5.74, 6) is -1.54. The van der Waals surface area contributed by atoms with E-state index >= 15 is 0 Å². The van der Waals surface area contributed by atoms with Crippen LogP contribution in [0.15, 0.2) is 48.5 Å². The summed E-state index contributed by atoms with van der Waals surface area (Å²) in [7, 11) is 0. The van der Waals surface area contributed by atoms with Crippen LogP contribution in [0.3, 0.4) is 0 Å². The van der Waals surface area contributed by atoms with Gasteiger partial charge in [-0.1, -0.05) is 25.1 Å². The van der Waals surface area contributed by atoms with Gasteiger partial charge in [-0.15, -0.1) is 0 Å². The summed E-state index contributed by atoms with van der Waals surface area (Å²) in [6.45, 7) is 5.57. The highest BCUT2D eigenvalue weighted by atomic mass is 16.5. The Bertz CT molecular complexity index is 1100. The van der Waals surface area contributed by atoms with Crippen LogP contribution < -0.4 is 5.32 Å². The summed E-state index contributed by atoms with van der Waals surface area (Å²) >= 11 is 0. The molecule has 31 heavy (non-hydrogen) atoms. The number of nitrogens with one attached hydrogen (secondary N) is 2. The molecule has 3 N–H and O–H groups in total. The standard InChI is InChI=1S/C23H23N3O5/c1-4-19(21(27)26-18-7-5-6-17(12-18)22(28)29)31-23(30)16-10-8-15(9-11-16)20-24-13(2)14(3)25-20/h5-12,19H,4H2,1-3H3,(H,24,25)(H,26,27)(H,28,29). The number of carbonyl (C=O) groups is 3. The first-order chi connectivity index (χ1) is 14.8. The van der Waals surface area contributed by atoms with Gasteiger partial charge in [0, 0.05) is 16.9 Å². The van der Waals surface area contributed by atoms with Crippen molar-refractivity contribution in [3.05, 3.63) is 71.0 Å². The van der Waals surface area contributed by atoms with E-state index in [1.807, 2.05) is 13.8 Å². The van der Waals surface area contributed by atoms with Crippen molar-refractivity contribution in [2.45, 2.75) is 33.3 Å². The Hall–Kier alpha value is -3.94. The fourth-order valence-electron chi connectivity index (χ4n) is 2.92. The number of carbonyl (C=O) groups excluding carboxylic acids is 2. The molecule has 1 atom stereocenters. The van der Waals surface area contributed by atoms with Gasteiger partial charge in [0.05, 0.1) is 16.8 Å². The minimum absolute atomic E-state index is 0.0462. The number of ether oxygens (including phenoxy) is 1. The monoisotopic (exact) mass is 421 g/mol. The SMILES string of the molecule is CCC(OC(=O)c1ccc(-c2nc(C)c(C)[nH]2)cc1)C(=O)Nc1cccc(C(=O)O)c1. The summed E-state index contributed by atoms with van der Waals surface area (Å²) in [4.78, 5) is 43.7. The number of hydrogen-bond donors (Lipinski definition) is 3. The number of anilines is 1. The van der Waals surface area contributed by atoms with E-state index in [4.69, 9.17) is 9.84 Å². The molecular weight excluding hydrogens is 398 g/mol. The third kappa shape index (κ3) is 5.16. The van der Waals surface area contributed by atoms with Gasteiger partial charge in [0.2, 0.25) is 0 Å². The van der Waals surface area contributed by atoms with Gasteiger partial charge in [-0.05, 0) is 50.6 Å². The van der Waals surface area contributed by atoms with Crippen LogP contribution in [0.4, 0.5) is 5.69 Å². The molecule has 0 aliphatic rings. The first-order valence-corrected chi connectivity index (χ1v) is 9.77. The number of nitrogens with zero attached hydrogens (tertiary/aromatic N) is 1. The number of benzene rings is 2. The minimum Gasteiger partial charge on any atom is -0.478 e. The Morgan fingerprint density at radius 1 is 1.10 bits per heavy atom. The highest BCUT2D eigenvalue weighted by Crippen LogP contribution is 2.19. The van der Waals surface area contributed by atoms with Crippen molar-refractivity contribution >= 4 is 23.5 Å². The molecule has 8 heteroatoms. The first kappa shape index (κ1) is 21.8. The molecule has 1 heterocycles. The lowest BCUT2D eigenvalue weighted by Crippen LogP contribution is -2.32. The normalized spacial score (nSPS) is 11.6. The number of aromatic amines is 1. The van der Waals surface area contributed by atoms with Gasteiger partial charge in [0.25, 0.3) is 5.91 Å². The van der Waals surface area contributed by atoms with Crippen molar-refractivity contribution in [2.75, 3.05) is 5.32 Å². The Labute approximate surface area is 179 Å².